The molecule has 0 aliphatic heterocycles. The van der Waals surface area contributed by atoms with E-state index in [1.807, 2.05) is 24.3 Å². The van der Waals surface area contributed by atoms with Crippen LogP contribution in [-0.2, 0) is 16.1 Å². The smallest absolute Gasteiger partial charge is 0.312 e. The summed E-state index contributed by atoms with van der Waals surface area (Å²) in [6.45, 7) is 0.336. The van der Waals surface area contributed by atoms with Crippen LogP contribution in [0, 0.1) is 0 Å². The molecule has 0 aliphatic carbocycles. The molecule has 0 saturated carbocycles. The van der Waals surface area contributed by atoms with Crippen LogP contribution < -0.4 is 0 Å². The van der Waals surface area contributed by atoms with Crippen molar-refractivity contribution in [1.29, 1.82) is 0 Å². The van der Waals surface area contributed by atoms with E-state index in [1.54, 1.807) is 13.3 Å². The van der Waals surface area contributed by atoms with Crippen LogP contribution in [0.3, 0.4) is 0 Å². The topological polar surface area (TPSA) is 70.8 Å². The number of aliphatic carboxylic acids is 1. The molecule has 2 aromatic rings. The largest absolute Gasteiger partial charge is 0.481 e. The summed E-state index contributed by atoms with van der Waals surface area (Å²) in [5.41, 5.74) is 1.62. The van der Waals surface area contributed by atoms with Crippen LogP contribution in [-0.4, -0.2) is 28.9 Å². The number of carboxylic acids is 1. The molecule has 94 valence electrons. The third-order valence-corrected chi connectivity index (χ3v) is 2.70. The summed E-state index contributed by atoms with van der Waals surface area (Å²) in [4.78, 5) is 23.4. The maximum Gasteiger partial charge on any atom is 0.312 e. The molecule has 5 nitrogen and oxygen atoms in total. The fourth-order valence-corrected chi connectivity index (χ4v) is 1.76. The fraction of sp³-hybridized carbons (Fsp3) is 0.231. The Balaban J connectivity index is 2.14. The Morgan fingerprint density at radius 3 is 2.78 bits per heavy atom. The van der Waals surface area contributed by atoms with Gasteiger partial charge in [-0.3, -0.25) is 9.59 Å². The van der Waals surface area contributed by atoms with Crippen molar-refractivity contribution in [3.8, 4) is 0 Å². The van der Waals surface area contributed by atoms with E-state index in [-0.39, 0.29) is 0 Å². The van der Waals surface area contributed by atoms with Crippen molar-refractivity contribution >= 4 is 22.8 Å². The number of carbonyl (C=O) groups excluding carboxylic acids is 1. The van der Waals surface area contributed by atoms with E-state index in [1.165, 1.54) is 4.90 Å². The van der Waals surface area contributed by atoms with Gasteiger partial charge in [0.2, 0.25) is 5.91 Å². The molecular formula is C13H13NO4. The van der Waals surface area contributed by atoms with Crippen molar-refractivity contribution in [3.05, 3.63) is 36.1 Å². The summed E-state index contributed by atoms with van der Waals surface area (Å²) < 4.78 is 5.36. The third kappa shape index (κ3) is 2.51. The van der Waals surface area contributed by atoms with Gasteiger partial charge in [-0.25, -0.2) is 0 Å². The number of benzene rings is 1. The van der Waals surface area contributed by atoms with E-state index in [0.29, 0.717) is 6.54 Å². The predicted molar refractivity (Wildman–Crippen MR) is 64.9 cm³/mol. The predicted octanol–water partition coefficient (Wildman–Crippen LogP) is 1.87. The molecule has 0 aliphatic rings. The third-order valence-electron chi connectivity index (χ3n) is 2.70. The molecule has 1 heterocycles. The first-order valence-corrected chi connectivity index (χ1v) is 5.49. The van der Waals surface area contributed by atoms with Gasteiger partial charge in [0, 0.05) is 24.5 Å². The molecule has 0 radical (unpaired) electrons. The van der Waals surface area contributed by atoms with Crippen molar-refractivity contribution < 1.29 is 19.1 Å². The maximum atomic E-state index is 11.5. The van der Waals surface area contributed by atoms with Crippen LogP contribution in [0.25, 0.3) is 11.0 Å². The lowest BCUT2D eigenvalue weighted by Gasteiger charge is -2.15. The van der Waals surface area contributed by atoms with E-state index < -0.39 is 18.3 Å². The van der Waals surface area contributed by atoms with Crippen LogP contribution in [0.2, 0.25) is 0 Å². The Bertz CT molecular complexity index is 587. The first kappa shape index (κ1) is 12.2. The molecule has 2 rings (SSSR count). The minimum absolute atomic E-state index is 0.336. The first-order valence-electron chi connectivity index (χ1n) is 5.49. The standard InChI is InChI=1S/C13H13NO4/c1-14(12(15)6-13(16)17)7-9-8-18-11-5-3-2-4-10(9)11/h2-5,8H,6-7H2,1H3,(H,16,17). The monoisotopic (exact) mass is 247 g/mol. The van der Waals surface area contributed by atoms with Gasteiger partial charge in [0.25, 0.3) is 0 Å². The van der Waals surface area contributed by atoms with Crippen LogP contribution in [0.1, 0.15) is 12.0 Å². The van der Waals surface area contributed by atoms with E-state index in [0.717, 1.165) is 16.5 Å². The van der Waals surface area contributed by atoms with E-state index in [2.05, 4.69) is 0 Å². The first-order chi connectivity index (χ1) is 8.58. The van der Waals surface area contributed by atoms with E-state index >= 15 is 0 Å². The van der Waals surface area contributed by atoms with Gasteiger partial charge in [0.15, 0.2) is 0 Å². The van der Waals surface area contributed by atoms with Crippen LogP contribution in [0.15, 0.2) is 34.9 Å². The molecule has 1 aromatic heterocycles. The molecule has 0 fully saturated rings. The van der Waals surface area contributed by atoms with Gasteiger partial charge in [0.1, 0.15) is 12.0 Å². The molecular weight excluding hydrogens is 234 g/mol. The van der Waals surface area contributed by atoms with E-state index in [4.69, 9.17) is 9.52 Å². The number of carbonyl (C=O) groups is 2. The van der Waals surface area contributed by atoms with Crippen molar-refractivity contribution in [2.24, 2.45) is 0 Å². The fourth-order valence-electron chi connectivity index (χ4n) is 1.76. The zero-order valence-corrected chi connectivity index (χ0v) is 9.92. The maximum absolute atomic E-state index is 11.5. The Labute approximate surface area is 104 Å². The molecule has 0 bridgehead atoms. The highest BCUT2D eigenvalue weighted by Crippen LogP contribution is 2.21. The molecule has 18 heavy (non-hydrogen) atoms. The van der Waals surface area contributed by atoms with E-state index in [9.17, 15) is 9.59 Å². The second kappa shape index (κ2) is 4.91. The lowest BCUT2D eigenvalue weighted by molar-refractivity contribution is -0.143. The van der Waals surface area contributed by atoms with Crippen molar-refractivity contribution in [1.82, 2.24) is 4.90 Å². The molecule has 0 unspecified atom stereocenters. The summed E-state index contributed by atoms with van der Waals surface area (Å²) in [7, 11) is 1.58. The van der Waals surface area contributed by atoms with Gasteiger partial charge in [-0.2, -0.15) is 0 Å². The number of para-hydroxylation sites is 1. The summed E-state index contributed by atoms with van der Waals surface area (Å²) in [5, 5.41) is 9.50. The summed E-state index contributed by atoms with van der Waals surface area (Å²) in [5.74, 6) is -1.54. The lowest BCUT2D eigenvalue weighted by atomic mass is 10.1. The Kier molecular flexibility index (Phi) is 3.32. The van der Waals surface area contributed by atoms with Gasteiger partial charge >= 0.3 is 5.97 Å². The molecule has 1 N–H and O–H groups in total. The Hall–Kier alpha value is -2.30. The average Bonchev–Trinajstić information content (AvgIpc) is 2.72. The van der Waals surface area contributed by atoms with Crippen LogP contribution in [0.5, 0.6) is 0 Å². The summed E-state index contributed by atoms with van der Waals surface area (Å²) in [6, 6.07) is 7.51. The second-order valence-corrected chi connectivity index (χ2v) is 4.08. The summed E-state index contributed by atoms with van der Waals surface area (Å²) >= 11 is 0. The molecule has 0 spiro atoms. The normalized spacial score (nSPS) is 10.5. The van der Waals surface area contributed by atoms with Gasteiger partial charge in [-0.15, -0.1) is 0 Å². The zero-order chi connectivity index (χ0) is 13.1. The number of fused-ring (bicyclic) bond motifs is 1. The summed E-state index contributed by atoms with van der Waals surface area (Å²) in [6.07, 6.45) is 1.10. The van der Waals surface area contributed by atoms with Crippen molar-refractivity contribution in [3.63, 3.8) is 0 Å². The molecule has 0 saturated heterocycles. The van der Waals surface area contributed by atoms with Gasteiger partial charge in [0.05, 0.1) is 6.26 Å². The number of hydrogen-bond acceptors (Lipinski definition) is 3. The quantitative estimate of drug-likeness (QED) is 0.837. The highest BCUT2D eigenvalue weighted by Gasteiger charge is 2.15. The average molecular weight is 247 g/mol. The minimum Gasteiger partial charge on any atom is -0.481 e. The van der Waals surface area contributed by atoms with Gasteiger partial charge in [-0.1, -0.05) is 18.2 Å². The van der Waals surface area contributed by atoms with Crippen LogP contribution >= 0.6 is 0 Å². The zero-order valence-electron chi connectivity index (χ0n) is 9.92. The molecule has 1 amide bonds. The molecule has 5 heteroatoms. The number of furan rings is 1. The SMILES string of the molecule is CN(Cc1coc2ccccc12)C(=O)CC(=O)O. The number of amides is 1. The number of carboxylic acid groups (broad SMARTS) is 1. The van der Waals surface area contributed by atoms with Crippen LogP contribution in [0.4, 0.5) is 0 Å². The minimum atomic E-state index is -1.12. The second-order valence-electron chi connectivity index (χ2n) is 4.08. The molecule has 0 atom stereocenters. The molecule has 1 aromatic carbocycles. The number of hydrogen-bond donors (Lipinski definition) is 1. The highest BCUT2D eigenvalue weighted by molar-refractivity contribution is 5.93. The highest BCUT2D eigenvalue weighted by atomic mass is 16.4. The van der Waals surface area contributed by atoms with Gasteiger partial charge in [-0.05, 0) is 6.07 Å². The van der Waals surface area contributed by atoms with Crippen molar-refractivity contribution in [2.75, 3.05) is 7.05 Å². The lowest BCUT2D eigenvalue weighted by Crippen LogP contribution is -2.27. The van der Waals surface area contributed by atoms with Crippen molar-refractivity contribution in [2.45, 2.75) is 13.0 Å². The Morgan fingerprint density at radius 2 is 2.06 bits per heavy atom. The Morgan fingerprint density at radius 1 is 1.33 bits per heavy atom. The number of rotatable bonds is 4. The number of nitrogens with zero attached hydrogens (tertiary/aromatic N) is 1. The van der Waals surface area contributed by atoms with Gasteiger partial charge < -0.3 is 14.4 Å².